The summed E-state index contributed by atoms with van der Waals surface area (Å²) in [6.07, 6.45) is 1.96. The SMILES string of the molecule is CCOc1cc(CCCNC(=NC)NCC(c2cccs2)N(C)C)ccc1OC. The number of guanidine groups is 1. The third-order valence-electron chi connectivity index (χ3n) is 4.64. The molecule has 1 aromatic carbocycles. The maximum absolute atomic E-state index is 5.66. The fourth-order valence-electron chi connectivity index (χ4n) is 3.08. The van der Waals surface area contributed by atoms with Gasteiger partial charge in [0.15, 0.2) is 17.5 Å². The van der Waals surface area contributed by atoms with Gasteiger partial charge in [-0.2, -0.15) is 0 Å². The van der Waals surface area contributed by atoms with Crippen molar-refractivity contribution in [2.24, 2.45) is 4.99 Å². The molecule has 0 radical (unpaired) electrons. The van der Waals surface area contributed by atoms with E-state index in [1.165, 1.54) is 10.4 Å². The monoisotopic (exact) mass is 418 g/mol. The van der Waals surface area contributed by atoms with Crippen molar-refractivity contribution in [1.82, 2.24) is 15.5 Å². The van der Waals surface area contributed by atoms with Gasteiger partial charge in [-0.3, -0.25) is 4.99 Å². The number of ether oxygens (including phenoxy) is 2. The second-order valence-corrected chi connectivity index (χ2v) is 7.88. The lowest BCUT2D eigenvalue weighted by molar-refractivity contribution is 0.302. The molecule has 29 heavy (non-hydrogen) atoms. The molecule has 2 aromatic rings. The van der Waals surface area contributed by atoms with Crippen molar-refractivity contribution in [3.05, 3.63) is 46.2 Å². The molecule has 0 aliphatic carbocycles. The van der Waals surface area contributed by atoms with Gasteiger partial charge in [-0.1, -0.05) is 12.1 Å². The molecule has 1 aromatic heterocycles. The molecule has 6 nitrogen and oxygen atoms in total. The number of aryl methyl sites for hydroxylation is 1. The summed E-state index contributed by atoms with van der Waals surface area (Å²) in [6.45, 7) is 4.27. The first-order chi connectivity index (χ1) is 14.1. The van der Waals surface area contributed by atoms with Crippen molar-refractivity contribution >= 4 is 17.3 Å². The number of thiophene rings is 1. The van der Waals surface area contributed by atoms with E-state index >= 15 is 0 Å². The molecular weight excluding hydrogens is 384 g/mol. The lowest BCUT2D eigenvalue weighted by Gasteiger charge is -2.24. The average Bonchev–Trinajstić information content (AvgIpc) is 3.24. The van der Waals surface area contributed by atoms with Crippen molar-refractivity contribution in [3.63, 3.8) is 0 Å². The summed E-state index contributed by atoms with van der Waals surface area (Å²) in [5.41, 5.74) is 1.24. The maximum atomic E-state index is 5.66. The van der Waals surface area contributed by atoms with Crippen LogP contribution in [0.2, 0.25) is 0 Å². The molecule has 0 fully saturated rings. The molecule has 0 amide bonds. The van der Waals surface area contributed by atoms with E-state index in [0.29, 0.717) is 12.6 Å². The summed E-state index contributed by atoms with van der Waals surface area (Å²) in [6, 6.07) is 10.7. The predicted octanol–water partition coefficient (Wildman–Crippen LogP) is 3.56. The first-order valence-electron chi connectivity index (χ1n) is 10.0. The molecule has 1 atom stereocenters. The maximum Gasteiger partial charge on any atom is 0.191 e. The van der Waals surface area contributed by atoms with Gasteiger partial charge in [0.25, 0.3) is 0 Å². The summed E-state index contributed by atoms with van der Waals surface area (Å²) >= 11 is 1.78. The standard InChI is InChI=1S/C22H34N4O2S/c1-6-28-20-15-17(11-12-19(20)27-5)9-7-13-24-22(23-2)25-16-18(26(3)4)21-10-8-14-29-21/h8,10-12,14-15,18H,6-7,9,13,16H2,1-5H3,(H2,23,24,25). The van der Waals surface area contributed by atoms with Crippen LogP contribution in [0, 0.1) is 0 Å². The molecule has 2 rings (SSSR count). The Bertz CT molecular complexity index is 747. The Morgan fingerprint density at radius 2 is 2.03 bits per heavy atom. The first kappa shape index (κ1) is 23.0. The minimum Gasteiger partial charge on any atom is -0.493 e. The summed E-state index contributed by atoms with van der Waals surface area (Å²) in [5, 5.41) is 8.98. The zero-order valence-corrected chi connectivity index (χ0v) is 19.0. The van der Waals surface area contributed by atoms with Crippen molar-refractivity contribution in [2.75, 3.05) is 47.9 Å². The van der Waals surface area contributed by atoms with E-state index < -0.39 is 0 Å². The lowest BCUT2D eigenvalue weighted by atomic mass is 10.1. The molecule has 0 aliphatic heterocycles. The van der Waals surface area contributed by atoms with Crippen LogP contribution in [0.1, 0.15) is 29.8 Å². The fourth-order valence-corrected chi connectivity index (χ4v) is 4.00. The topological polar surface area (TPSA) is 58.1 Å². The van der Waals surface area contributed by atoms with Gasteiger partial charge >= 0.3 is 0 Å². The van der Waals surface area contributed by atoms with E-state index in [4.69, 9.17) is 9.47 Å². The highest BCUT2D eigenvalue weighted by Crippen LogP contribution is 2.28. The number of nitrogens with zero attached hydrogens (tertiary/aromatic N) is 2. The number of benzene rings is 1. The van der Waals surface area contributed by atoms with E-state index in [1.807, 2.05) is 20.0 Å². The number of hydrogen-bond donors (Lipinski definition) is 2. The van der Waals surface area contributed by atoms with Gasteiger partial charge in [-0.25, -0.2) is 0 Å². The van der Waals surface area contributed by atoms with Crippen molar-refractivity contribution in [1.29, 1.82) is 0 Å². The Morgan fingerprint density at radius 1 is 1.21 bits per heavy atom. The first-order valence-corrected chi connectivity index (χ1v) is 10.9. The van der Waals surface area contributed by atoms with E-state index in [-0.39, 0.29) is 0 Å². The van der Waals surface area contributed by atoms with Gasteiger partial charge in [-0.15, -0.1) is 11.3 Å². The van der Waals surface area contributed by atoms with Crippen molar-refractivity contribution < 1.29 is 9.47 Å². The van der Waals surface area contributed by atoms with Crippen LogP contribution in [-0.2, 0) is 6.42 Å². The van der Waals surface area contributed by atoms with Gasteiger partial charge in [0.2, 0.25) is 0 Å². The highest BCUT2D eigenvalue weighted by molar-refractivity contribution is 7.10. The van der Waals surface area contributed by atoms with E-state index in [1.54, 1.807) is 18.4 Å². The molecular formula is C22H34N4O2S. The molecule has 160 valence electrons. The van der Waals surface area contributed by atoms with Crippen LogP contribution < -0.4 is 20.1 Å². The van der Waals surface area contributed by atoms with Gasteiger partial charge in [0, 0.05) is 25.0 Å². The number of aliphatic imine (C=N–C) groups is 1. The van der Waals surface area contributed by atoms with Gasteiger partial charge in [0.1, 0.15) is 0 Å². The number of likely N-dealkylation sites (N-methyl/N-ethyl adjacent to an activating group) is 1. The van der Waals surface area contributed by atoms with Crippen LogP contribution in [0.3, 0.4) is 0 Å². The van der Waals surface area contributed by atoms with Crippen molar-refractivity contribution in [2.45, 2.75) is 25.8 Å². The van der Waals surface area contributed by atoms with E-state index in [2.05, 4.69) is 64.3 Å². The second-order valence-electron chi connectivity index (χ2n) is 6.90. The Labute approximate surface area is 178 Å². The summed E-state index contributed by atoms with van der Waals surface area (Å²) in [7, 11) is 7.68. The van der Waals surface area contributed by atoms with E-state index in [0.717, 1.165) is 43.4 Å². The molecule has 0 spiro atoms. The molecule has 1 heterocycles. The van der Waals surface area contributed by atoms with E-state index in [9.17, 15) is 0 Å². The minimum atomic E-state index is 0.324. The van der Waals surface area contributed by atoms with Crippen LogP contribution in [0.15, 0.2) is 40.7 Å². The number of hydrogen-bond acceptors (Lipinski definition) is 5. The Hall–Kier alpha value is -2.25. The van der Waals surface area contributed by atoms with Crippen LogP contribution >= 0.6 is 11.3 Å². The minimum absolute atomic E-state index is 0.324. The largest absolute Gasteiger partial charge is 0.493 e. The third-order valence-corrected chi connectivity index (χ3v) is 5.62. The summed E-state index contributed by atoms with van der Waals surface area (Å²) in [5.74, 6) is 2.42. The Balaban J connectivity index is 1.79. The predicted molar refractivity (Wildman–Crippen MR) is 123 cm³/mol. The highest BCUT2D eigenvalue weighted by atomic mass is 32.1. The van der Waals surface area contributed by atoms with Crippen LogP contribution in [0.25, 0.3) is 0 Å². The summed E-state index contributed by atoms with van der Waals surface area (Å²) in [4.78, 5) is 7.93. The fraction of sp³-hybridized carbons (Fsp3) is 0.500. The number of methoxy groups -OCH3 is 1. The van der Waals surface area contributed by atoms with Gasteiger partial charge < -0.3 is 25.0 Å². The van der Waals surface area contributed by atoms with Crippen molar-refractivity contribution in [3.8, 4) is 11.5 Å². The number of nitrogens with one attached hydrogen (secondary N) is 2. The van der Waals surface area contributed by atoms with Crippen LogP contribution in [0.5, 0.6) is 11.5 Å². The molecule has 0 bridgehead atoms. The molecule has 0 aliphatic rings. The Morgan fingerprint density at radius 3 is 2.66 bits per heavy atom. The quantitative estimate of drug-likeness (QED) is 0.332. The van der Waals surface area contributed by atoms with Crippen LogP contribution in [-0.4, -0.2) is 58.8 Å². The normalized spacial score (nSPS) is 12.7. The number of rotatable bonds is 11. The smallest absolute Gasteiger partial charge is 0.191 e. The molecule has 0 saturated heterocycles. The second kappa shape index (κ2) is 12.3. The highest BCUT2D eigenvalue weighted by Gasteiger charge is 2.15. The average molecular weight is 419 g/mol. The zero-order chi connectivity index (χ0) is 21.1. The van der Waals surface area contributed by atoms with Crippen LogP contribution in [0.4, 0.5) is 0 Å². The molecule has 0 saturated carbocycles. The molecule has 1 unspecified atom stereocenters. The lowest BCUT2D eigenvalue weighted by Crippen LogP contribution is -2.42. The summed E-state index contributed by atoms with van der Waals surface area (Å²) < 4.78 is 11.0. The van der Waals surface area contributed by atoms with Gasteiger partial charge in [-0.05, 0) is 63.0 Å². The Kier molecular flexibility index (Phi) is 9.80. The molecule has 7 heteroatoms. The van der Waals surface area contributed by atoms with Gasteiger partial charge in [0.05, 0.1) is 19.8 Å². The zero-order valence-electron chi connectivity index (χ0n) is 18.2. The third kappa shape index (κ3) is 7.25. The molecule has 2 N–H and O–H groups in total.